The number of rotatable bonds is 1. The van der Waals surface area contributed by atoms with Crippen LogP contribution in [-0.2, 0) is 0 Å². The van der Waals surface area contributed by atoms with Gasteiger partial charge in [0.2, 0.25) is 5.96 Å². The van der Waals surface area contributed by atoms with Crippen LogP contribution in [0.1, 0.15) is 6.92 Å². The Hall–Kier alpha value is -1.85. The number of nitrogens with zero attached hydrogens (tertiary/aromatic N) is 2. The third-order valence-electron chi connectivity index (χ3n) is 1.14. The number of nitriles is 1. The summed E-state index contributed by atoms with van der Waals surface area (Å²) in [6, 6.07) is 1.91. The fourth-order valence-electron chi connectivity index (χ4n) is 0.554. The van der Waals surface area contributed by atoms with E-state index in [2.05, 4.69) is 16.8 Å². The third kappa shape index (κ3) is 4.57. The Morgan fingerprint density at radius 1 is 1.77 bits per heavy atom. The Bertz CT molecular complexity index is 315. The summed E-state index contributed by atoms with van der Waals surface area (Å²) in [4.78, 5) is 3.56. The number of nitrogens with one attached hydrogen (secondary N) is 1. The first-order chi connectivity index (χ1) is 6.11. The number of nitrogens with two attached hydrogens (primary N) is 1. The van der Waals surface area contributed by atoms with E-state index in [-0.39, 0.29) is 12.3 Å². The van der Waals surface area contributed by atoms with Gasteiger partial charge in [0, 0.05) is 0 Å². The first-order valence-corrected chi connectivity index (χ1v) is 3.53. The molecule has 0 rings (SSSR count). The van der Waals surface area contributed by atoms with Crippen LogP contribution in [0.15, 0.2) is 4.99 Å². The van der Waals surface area contributed by atoms with E-state index in [1.807, 2.05) is 6.07 Å². The molecule has 5 heteroatoms. The zero-order chi connectivity index (χ0) is 10.3. The molecule has 0 aromatic carbocycles. The van der Waals surface area contributed by atoms with E-state index in [1.165, 1.54) is 0 Å². The monoisotopic (exact) mass is 178 g/mol. The van der Waals surface area contributed by atoms with Crippen molar-refractivity contribution < 1.29 is 5.11 Å². The molecular formula is C8H10N4O. The average molecular weight is 178 g/mol. The minimum Gasteiger partial charge on any atom is -0.384 e. The van der Waals surface area contributed by atoms with Crippen LogP contribution in [-0.4, -0.2) is 23.4 Å². The second-order valence-corrected chi connectivity index (χ2v) is 2.19. The van der Waals surface area contributed by atoms with E-state index < -0.39 is 11.9 Å². The van der Waals surface area contributed by atoms with Crippen molar-refractivity contribution in [2.45, 2.75) is 6.92 Å². The lowest BCUT2D eigenvalue weighted by atomic mass is 10.1. The summed E-state index contributed by atoms with van der Waals surface area (Å²) in [6.07, 6.45) is 0. The first kappa shape index (κ1) is 11.2. The van der Waals surface area contributed by atoms with E-state index in [1.54, 1.807) is 6.92 Å². The zero-order valence-electron chi connectivity index (χ0n) is 7.20. The molecule has 0 radical (unpaired) electrons. The molecule has 1 atom stereocenters. The van der Waals surface area contributed by atoms with Crippen LogP contribution in [0.25, 0.3) is 0 Å². The summed E-state index contributed by atoms with van der Waals surface area (Å²) < 4.78 is 0. The molecule has 0 aliphatic rings. The second-order valence-electron chi connectivity index (χ2n) is 2.19. The lowest BCUT2D eigenvalue weighted by molar-refractivity contribution is 0.350. The van der Waals surface area contributed by atoms with Gasteiger partial charge in [-0.15, -0.1) is 0 Å². The highest BCUT2D eigenvalue weighted by Gasteiger charge is 2.06. The highest BCUT2D eigenvalue weighted by Crippen LogP contribution is 1.95. The molecule has 0 aliphatic carbocycles. The van der Waals surface area contributed by atoms with Gasteiger partial charge in [-0.05, 0) is 12.8 Å². The van der Waals surface area contributed by atoms with Crippen molar-refractivity contribution in [1.29, 1.82) is 10.7 Å². The summed E-state index contributed by atoms with van der Waals surface area (Å²) in [5.74, 6) is 3.87. The van der Waals surface area contributed by atoms with Crippen LogP contribution in [0.5, 0.6) is 0 Å². The second kappa shape index (κ2) is 5.76. The van der Waals surface area contributed by atoms with Crippen LogP contribution in [0.2, 0.25) is 0 Å². The Labute approximate surface area is 76.4 Å². The van der Waals surface area contributed by atoms with Gasteiger partial charge in [0.15, 0.2) is 0 Å². The molecule has 5 nitrogen and oxygen atoms in total. The molecule has 0 bridgehead atoms. The van der Waals surface area contributed by atoms with Gasteiger partial charge in [0.25, 0.3) is 0 Å². The fourth-order valence-corrected chi connectivity index (χ4v) is 0.554. The molecule has 0 amide bonds. The van der Waals surface area contributed by atoms with Crippen LogP contribution < -0.4 is 5.73 Å². The predicted molar refractivity (Wildman–Crippen MR) is 49.0 cm³/mol. The highest BCUT2D eigenvalue weighted by atomic mass is 16.2. The number of aliphatic hydroxyl groups excluding tert-OH is 1. The molecule has 0 saturated heterocycles. The van der Waals surface area contributed by atoms with Gasteiger partial charge in [0.05, 0.1) is 12.0 Å². The van der Waals surface area contributed by atoms with Gasteiger partial charge >= 0.3 is 0 Å². The summed E-state index contributed by atoms with van der Waals surface area (Å²) in [5, 5.41) is 23.8. The van der Waals surface area contributed by atoms with Crippen LogP contribution in [0.4, 0.5) is 0 Å². The SMILES string of the molecule is CC(C#N)/C(C#CCO)=N\C(=N)N. The average Bonchev–Trinajstić information content (AvgIpc) is 2.10. The number of hydrogen-bond donors (Lipinski definition) is 3. The van der Waals surface area contributed by atoms with Crippen molar-refractivity contribution in [1.82, 2.24) is 0 Å². The maximum atomic E-state index is 8.55. The van der Waals surface area contributed by atoms with Crippen molar-refractivity contribution in [2.24, 2.45) is 16.6 Å². The smallest absolute Gasteiger partial charge is 0.213 e. The number of hydrogen-bond acceptors (Lipinski definition) is 3. The maximum Gasteiger partial charge on any atom is 0.213 e. The van der Waals surface area contributed by atoms with Gasteiger partial charge in [-0.1, -0.05) is 5.92 Å². The topological polar surface area (TPSA) is 106 Å². The minimum absolute atomic E-state index is 0.198. The molecule has 0 aromatic rings. The van der Waals surface area contributed by atoms with Crippen molar-refractivity contribution in [2.75, 3.05) is 6.61 Å². The molecule has 4 N–H and O–H groups in total. The van der Waals surface area contributed by atoms with E-state index in [4.69, 9.17) is 21.5 Å². The largest absolute Gasteiger partial charge is 0.384 e. The van der Waals surface area contributed by atoms with Gasteiger partial charge in [-0.3, -0.25) is 5.41 Å². The van der Waals surface area contributed by atoms with Crippen molar-refractivity contribution >= 4 is 11.7 Å². The van der Waals surface area contributed by atoms with E-state index in [0.717, 1.165) is 0 Å². The number of guanidine groups is 1. The molecule has 1 unspecified atom stereocenters. The van der Waals surface area contributed by atoms with E-state index in [0.29, 0.717) is 0 Å². The molecule has 0 heterocycles. The predicted octanol–water partition coefficient (Wildman–Crippen LogP) is -0.524. The summed E-state index contributed by atoms with van der Waals surface area (Å²) >= 11 is 0. The van der Waals surface area contributed by atoms with Crippen molar-refractivity contribution in [3.8, 4) is 17.9 Å². The standard InChI is InChI=1S/C8H10N4O/c1-6(5-9)7(3-2-4-13)12-8(10)11/h6,13H,4H2,1H3,(H3,10,11)/b12-7-. The maximum absolute atomic E-state index is 8.55. The van der Waals surface area contributed by atoms with Crippen LogP contribution >= 0.6 is 0 Å². The molecule has 68 valence electrons. The van der Waals surface area contributed by atoms with E-state index >= 15 is 0 Å². The number of aliphatic hydroxyl groups is 1. The van der Waals surface area contributed by atoms with Gasteiger partial charge < -0.3 is 10.8 Å². The zero-order valence-corrected chi connectivity index (χ0v) is 7.20. The summed E-state index contributed by atoms with van der Waals surface area (Å²) in [6.45, 7) is 1.28. The molecule has 0 aromatic heterocycles. The third-order valence-corrected chi connectivity index (χ3v) is 1.14. The van der Waals surface area contributed by atoms with Gasteiger partial charge in [0.1, 0.15) is 12.3 Å². The highest BCUT2D eigenvalue weighted by molar-refractivity contribution is 6.08. The molecule has 0 spiro atoms. The minimum atomic E-state index is -0.525. The van der Waals surface area contributed by atoms with Crippen molar-refractivity contribution in [3.63, 3.8) is 0 Å². The molecule has 0 saturated carbocycles. The van der Waals surface area contributed by atoms with Crippen LogP contribution in [0.3, 0.4) is 0 Å². The quantitative estimate of drug-likeness (QED) is 0.285. The Morgan fingerprint density at radius 3 is 2.77 bits per heavy atom. The Kier molecular flexibility index (Phi) is 4.94. The van der Waals surface area contributed by atoms with Gasteiger partial charge in [-0.2, -0.15) is 5.26 Å². The Balaban J connectivity index is 4.78. The molecule has 0 aliphatic heterocycles. The molecule has 0 fully saturated rings. The fraction of sp³-hybridized carbons (Fsp3) is 0.375. The molecular weight excluding hydrogens is 168 g/mol. The first-order valence-electron chi connectivity index (χ1n) is 3.53. The summed E-state index contributed by atoms with van der Waals surface area (Å²) in [7, 11) is 0. The van der Waals surface area contributed by atoms with E-state index in [9.17, 15) is 0 Å². The lowest BCUT2D eigenvalue weighted by Gasteiger charge is -1.98. The van der Waals surface area contributed by atoms with Crippen LogP contribution in [0, 0.1) is 34.5 Å². The molecule has 13 heavy (non-hydrogen) atoms. The normalized spacial score (nSPS) is 12.2. The number of aliphatic imine (C=N–C) groups is 1. The summed E-state index contributed by atoms with van der Waals surface area (Å²) in [5.41, 5.74) is 5.21. The van der Waals surface area contributed by atoms with Crippen molar-refractivity contribution in [3.05, 3.63) is 0 Å². The lowest BCUT2D eigenvalue weighted by Crippen LogP contribution is -2.14. The van der Waals surface area contributed by atoms with Gasteiger partial charge in [-0.25, -0.2) is 4.99 Å². The Morgan fingerprint density at radius 2 is 2.38 bits per heavy atom.